The molecule has 20 heavy (non-hydrogen) atoms. The van der Waals surface area contributed by atoms with E-state index >= 15 is 0 Å². The zero-order valence-corrected chi connectivity index (χ0v) is 11.4. The van der Waals surface area contributed by atoms with Gasteiger partial charge in [0.15, 0.2) is 0 Å². The van der Waals surface area contributed by atoms with Gasteiger partial charge in [-0.3, -0.25) is 4.79 Å². The highest BCUT2D eigenvalue weighted by molar-refractivity contribution is 6.01. The molecule has 2 rings (SSSR count). The van der Waals surface area contributed by atoms with Gasteiger partial charge in [0.05, 0.1) is 12.9 Å². The van der Waals surface area contributed by atoms with Crippen molar-refractivity contribution in [3.8, 4) is 5.75 Å². The lowest BCUT2D eigenvalue weighted by Crippen LogP contribution is -2.28. The third-order valence-electron chi connectivity index (χ3n) is 2.80. The minimum atomic E-state index is -0.230. The van der Waals surface area contributed by atoms with Gasteiger partial charge in [0, 0.05) is 31.2 Å². The number of hydrogen-bond acceptors (Lipinski definition) is 4. The van der Waals surface area contributed by atoms with Crippen molar-refractivity contribution >= 4 is 11.6 Å². The first-order valence-electron chi connectivity index (χ1n) is 6.47. The SMILES string of the molecule is CCOc1cccc(N)c1C(=O)NCCn1ccnc1. The number of nitrogens with two attached hydrogens (primary N) is 1. The molecule has 0 atom stereocenters. The van der Waals surface area contributed by atoms with E-state index in [1.807, 2.05) is 17.7 Å². The fourth-order valence-electron chi connectivity index (χ4n) is 1.87. The molecule has 1 heterocycles. The van der Waals surface area contributed by atoms with E-state index in [0.29, 0.717) is 36.7 Å². The highest BCUT2D eigenvalue weighted by atomic mass is 16.5. The maximum Gasteiger partial charge on any atom is 0.257 e. The van der Waals surface area contributed by atoms with E-state index in [1.165, 1.54) is 0 Å². The number of hydrogen-bond donors (Lipinski definition) is 2. The quantitative estimate of drug-likeness (QED) is 0.778. The molecule has 6 nitrogen and oxygen atoms in total. The smallest absolute Gasteiger partial charge is 0.257 e. The van der Waals surface area contributed by atoms with Gasteiger partial charge in [-0.1, -0.05) is 6.07 Å². The second kappa shape index (κ2) is 6.60. The van der Waals surface area contributed by atoms with Gasteiger partial charge in [-0.2, -0.15) is 0 Å². The second-order valence-corrected chi connectivity index (χ2v) is 4.21. The van der Waals surface area contributed by atoms with Gasteiger partial charge in [0.25, 0.3) is 5.91 Å². The number of amides is 1. The molecule has 1 amide bonds. The number of rotatable bonds is 6. The highest BCUT2D eigenvalue weighted by Crippen LogP contribution is 2.24. The number of anilines is 1. The van der Waals surface area contributed by atoms with Crippen LogP contribution in [0.25, 0.3) is 0 Å². The summed E-state index contributed by atoms with van der Waals surface area (Å²) in [6, 6.07) is 5.19. The van der Waals surface area contributed by atoms with Gasteiger partial charge < -0.3 is 20.4 Å². The largest absolute Gasteiger partial charge is 0.493 e. The highest BCUT2D eigenvalue weighted by Gasteiger charge is 2.15. The van der Waals surface area contributed by atoms with E-state index in [1.54, 1.807) is 30.7 Å². The Morgan fingerprint density at radius 2 is 2.35 bits per heavy atom. The standard InChI is InChI=1S/C14H18N4O2/c1-2-20-12-5-3-4-11(15)13(12)14(19)17-7-9-18-8-6-16-10-18/h3-6,8,10H,2,7,9,15H2,1H3,(H,17,19). The first-order valence-corrected chi connectivity index (χ1v) is 6.47. The van der Waals surface area contributed by atoms with Gasteiger partial charge in [-0.15, -0.1) is 0 Å². The Morgan fingerprint density at radius 1 is 1.50 bits per heavy atom. The lowest BCUT2D eigenvalue weighted by atomic mass is 10.1. The minimum absolute atomic E-state index is 0.230. The lowest BCUT2D eigenvalue weighted by molar-refractivity contribution is 0.0949. The van der Waals surface area contributed by atoms with Crippen molar-refractivity contribution in [3.05, 3.63) is 42.5 Å². The van der Waals surface area contributed by atoms with Gasteiger partial charge in [0.2, 0.25) is 0 Å². The molecule has 106 valence electrons. The molecular formula is C14H18N4O2. The van der Waals surface area contributed by atoms with Crippen LogP contribution in [0.3, 0.4) is 0 Å². The fourth-order valence-corrected chi connectivity index (χ4v) is 1.87. The van der Waals surface area contributed by atoms with Crippen molar-refractivity contribution in [1.29, 1.82) is 0 Å². The summed E-state index contributed by atoms with van der Waals surface area (Å²) in [6.07, 6.45) is 5.24. The maximum atomic E-state index is 12.2. The van der Waals surface area contributed by atoms with E-state index < -0.39 is 0 Å². The van der Waals surface area contributed by atoms with E-state index in [4.69, 9.17) is 10.5 Å². The van der Waals surface area contributed by atoms with Crippen LogP contribution in [0.5, 0.6) is 5.75 Å². The van der Waals surface area contributed by atoms with Crippen LogP contribution in [0.4, 0.5) is 5.69 Å². The third-order valence-corrected chi connectivity index (χ3v) is 2.80. The molecule has 0 unspecified atom stereocenters. The third kappa shape index (κ3) is 3.28. The molecule has 0 saturated carbocycles. The number of benzene rings is 1. The Balaban J connectivity index is 2.01. The molecule has 0 radical (unpaired) electrons. The average molecular weight is 274 g/mol. The van der Waals surface area contributed by atoms with Crippen LogP contribution in [-0.2, 0) is 6.54 Å². The molecule has 6 heteroatoms. The molecule has 1 aromatic heterocycles. The second-order valence-electron chi connectivity index (χ2n) is 4.21. The van der Waals surface area contributed by atoms with E-state index in [2.05, 4.69) is 10.3 Å². The predicted octanol–water partition coefficient (Wildman–Crippen LogP) is 1.29. The molecule has 3 N–H and O–H groups in total. The van der Waals surface area contributed by atoms with E-state index in [9.17, 15) is 4.79 Å². The summed E-state index contributed by atoms with van der Waals surface area (Å²) in [5.74, 6) is 0.277. The summed E-state index contributed by atoms with van der Waals surface area (Å²) >= 11 is 0. The van der Waals surface area contributed by atoms with Crippen LogP contribution >= 0.6 is 0 Å². The summed E-state index contributed by atoms with van der Waals surface area (Å²) in [7, 11) is 0. The number of nitrogen functional groups attached to an aromatic ring is 1. The molecule has 0 saturated heterocycles. The summed E-state index contributed by atoms with van der Waals surface area (Å²) in [6.45, 7) is 3.50. The predicted molar refractivity (Wildman–Crippen MR) is 76.6 cm³/mol. The topological polar surface area (TPSA) is 82.2 Å². The van der Waals surface area contributed by atoms with Crippen molar-refractivity contribution in [2.75, 3.05) is 18.9 Å². The zero-order valence-electron chi connectivity index (χ0n) is 11.4. The van der Waals surface area contributed by atoms with Crippen LogP contribution in [-0.4, -0.2) is 28.6 Å². The van der Waals surface area contributed by atoms with Crippen LogP contribution in [0.1, 0.15) is 17.3 Å². The Labute approximate surface area is 117 Å². The summed E-state index contributed by atoms with van der Waals surface area (Å²) in [5.41, 5.74) is 6.66. The molecule has 2 aromatic rings. The number of carbonyl (C=O) groups is 1. The van der Waals surface area contributed by atoms with Gasteiger partial charge in [-0.25, -0.2) is 4.98 Å². The van der Waals surface area contributed by atoms with Crippen LogP contribution in [0, 0.1) is 0 Å². The first-order chi connectivity index (χ1) is 9.72. The number of carbonyl (C=O) groups excluding carboxylic acids is 1. The van der Waals surface area contributed by atoms with E-state index in [-0.39, 0.29) is 5.91 Å². The number of nitrogens with zero attached hydrogens (tertiary/aromatic N) is 2. The normalized spacial score (nSPS) is 10.2. The molecule has 0 bridgehead atoms. The monoisotopic (exact) mass is 274 g/mol. The lowest BCUT2D eigenvalue weighted by Gasteiger charge is -2.12. The van der Waals surface area contributed by atoms with Crippen molar-refractivity contribution < 1.29 is 9.53 Å². The molecule has 0 fully saturated rings. The maximum absolute atomic E-state index is 12.2. The minimum Gasteiger partial charge on any atom is -0.493 e. The Kier molecular flexibility index (Phi) is 4.60. The Bertz CT molecular complexity index is 567. The van der Waals surface area contributed by atoms with Crippen LogP contribution in [0.15, 0.2) is 36.9 Å². The molecule has 0 spiro atoms. The summed E-state index contributed by atoms with van der Waals surface area (Å²) < 4.78 is 7.32. The van der Waals surface area contributed by atoms with Crippen LogP contribution < -0.4 is 15.8 Å². The zero-order chi connectivity index (χ0) is 14.4. The summed E-state index contributed by atoms with van der Waals surface area (Å²) in [5, 5.41) is 2.83. The molecule has 0 aliphatic carbocycles. The number of imidazole rings is 1. The Morgan fingerprint density at radius 3 is 3.05 bits per heavy atom. The number of nitrogens with one attached hydrogen (secondary N) is 1. The summed E-state index contributed by atoms with van der Waals surface area (Å²) in [4.78, 5) is 16.1. The number of aromatic nitrogens is 2. The first kappa shape index (κ1) is 13.9. The Hall–Kier alpha value is -2.50. The molecular weight excluding hydrogens is 256 g/mol. The molecule has 1 aromatic carbocycles. The van der Waals surface area contributed by atoms with Gasteiger partial charge in [-0.05, 0) is 19.1 Å². The fraction of sp³-hybridized carbons (Fsp3) is 0.286. The average Bonchev–Trinajstić information content (AvgIpc) is 2.92. The molecule has 0 aliphatic heterocycles. The number of ether oxygens (including phenoxy) is 1. The van der Waals surface area contributed by atoms with Crippen molar-refractivity contribution in [1.82, 2.24) is 14.9 Å². The van der Waals surface area contributed by atoms with E-state index in [0.717, 1.165) is 0 Å². The van der Waals surface area contributed by atoms with Crippen molar-refractivity contribution in [2.45, 2.75) is 13.5 Å². The van der Waals surface area contributed by atoms with Gasteiger partial charge in [0.1, 0.15) is 11.3 Å². The van der Waals surface area contributed by atoms with Crippen molar-refractivity contribution in [3.63, 3.8) is 0 Å². The van der Waals surface area contributed by atoms with Crippen molar-refractivity contribution in [2.24, 2.45) is 0 Å². The molecule has 0 aliphatic rings. The van der Waals surface area contributed by atoms with Crippen LogP contribution in [0.2, 0.25) is 0 Å². The van der Waals surface area contributed by atoms with Gasteiger partial charge >= 0.3 is 0 Å².